The second-order valence-corrected chi connectivity index (χ2v) is 6.62. The average Bonchev–Trinajstić information content (AvgIpc) is 3.21. The molecule has 0 amide bonds. The molecule has 0 saturated carbocycles. The summed E-state index contributed by atoms with van der Waals surface area (Å²) in [5.41, 5.74) is 7.18. The number of allylic oxidation sites excluding steroid dienone is 1. The first kappa shape index (κ1) is 18.1. The Bertz CT molecular complexity index is 1090. The summed E-state index contributed by atoms with van der Waals surface area (Å²) in [6, 6.07) is 25.3. The van der Waals surface area contributed by atoms with Gasteiger partial charge >= 0.3 is 0 Å². The lowest BCUT2D eigenvalue weighted by atomic mass is 9.88. The molecule has 1 radical (unpaired) electrons. The van der Waals surface area contributed by atoms with Crippen LogP contribution < -0.4 is 4.74 Å². The molecule has 4 rings (SSSR count). The zero-order valence-corrected chi connectivity index (χ0v) is 16.0. The van der Waals surface area contributed by atoms with Crippen molar-refractivity contribution in [3.8, 4) is 5.75 Å². The van der Waals surface area contributed by atoms with Crippen molar-refractivity contribution in [3.05, 3.63) is 103 Å². The Morgan fingerprint density at radius 1 is 0.929 bits per heavy atom. The van der Waals surface area contributed by atoms with Crippen molar-refractivity contribution in [3.63, 3.8) is 0 Å². The summed E-state index contributed by atoms with van der Waals surface area (Å²) in [7, 11) is 0. The van der Waals surface area contributed by atoms with E-state index in [-0.39, 0.29) is 0 Å². The maximum absolute atomic E-state index is 5.53. The summed E-state index contributed by atoms with van der Waals surface area (Å²) in [4.78, 5) is 0. The Labute approximate surface area is 165 Å². The largest absolute Gasteiger partial charge is 0.494 e. The molecule has 0 aliphatic rings. The van der Waals surface area contributed by atoms with Crippen LogP contribution >= 0.6 is 0 Å². The monoisotopic (exact) mass is 367 g/mol. The second kappa shape index (κ2) is 8.13. The van der Waals surface area contributed by atoms with Gasteiger partial charge in [0.1, 0.15) is 5.75 Å². The van der Waals surface area contributed by atoms with Gasteiger partial charge in [0.05, 0.1) is 18.3 Å². The minimum atomic E-state index is 0.420. The predicted octanol–water partition coefficient (Wildman–Crippen LogP) is 6.14. The van der Waals surface area contributed by atoms with Crippen LogP contribution in [-0.4, -0.2) is 16.8 Å². The van der Waals surface area contributed by atoms with Crippen molar-refractivity contribution < 1.29 is 4.74 Å². The Balaban J connectivity index is 1.93. The van der Waals surface area contributed by atoms with Gasteiger partial charge in [0.2, 0.25) is 0 Å². The highest BCUT2D eigenvalue weighted by Crippen LogP contribution is 2.35. The van der Waals surface area contributed by atoms with Gasteiger partial charge in [0.25, 0.3) is 0 Å². The summed E-state index contributed by atoms with van der Waals surface area (Å²) >= 11 is 0. The van der Waals surface area contributed by atoms with E-state index in [0.717, 1.165) is 23.1 Å². The number of H-pyrrole nitrogens is 1. The summed E-state index contributed by atoms with van der Waals surface area (Å²) in [5.74, 6) is 0.834. The van der Waals surface area contributed by atoms with E-state index in [1.165, 1.54) is 27.8 Å². The number of ether oxygens (including phenoxy) is 1. The molecule has 0 spiro atoms. The summed E-state index contributed by atoms with van der Waals surface area (Å²) in [6.07, 6.45) is 2.80. The van der Waals surface area contributed by atoms with Gasteiger partial charge < -0.3 is 4.74 Å². The maximum atomic E-state index is 5.53. The standard InChI is InChI=1S/C25H23N2O/c1-3-23(18-8-6-5-7-9-18)25(19-10-13-22(14-11-19)28-4-2)20-12-15-24-21(16-20)17-26-27-24/h5-17H,2-4H2,1H3,(H,26,27). The normalized spacial score (nSPS) is 12.1. The van der Waals surface area contributed by atoms with Crippen molar-refractivity contribution in [2.45, 2.75) is 13.3 Å². The number of fused-ring (bicyclic) bond motifs is 1. The zero-order chi connectivity index (χ0) is 19.3. The van der Waals surface area contributed by atoms with Crippen molar-refractivity contribution in [1.29, 1.82) is 0 Å². The topological polar surface area (TPSA) is 37.9 Å². The van der Waals surface area contributed by atoms with Crippen LogP contribution in [0.25, 0.3) is 22.0 Å². The number of nitrogens with one attached hydrogen (secondary N) is 1. The van der Waals surface area contributed by atoms with Crippen LogP contribution in [0, 0.1) is 6.92 Å². The quantitative estimate of drug-likeness (QED) is 0.415. The number of nitrogens with zero attached hydrogens (tertiary/aromatic N) is 1. The van der Waals surface area contributed by atoms with Crippen LogP contribution in [0.2, 0.25) is 0 Å². The molecule has 3 nitrogen and oxygen atoms in total. The van der Waals surface area contributed by atoms with Gasteiger partial charge in [-0.3, -0.25) is 5.10 Å². The fraction of sp³-hybridized carbons (Fsp3) is 0.120. The number of aromatic nitrogens is 2. The molecule has 1 heterocycles. The van der Waals surface area contributed by atoms with Gasteiger partial charge in [-0.25, -0.2) is 0 Å². The second-order valence-electron chi connectivity index (χ2n) is 6.62. The van der Waals surface area contributed by atoms with Crippen LogP contribution in [0.15, 0.2) is 79.0 Å². The van der Waals surface area contributed by atoms with Crippen LogP contribution in [0.1, 0.15) is 30.0 Å². The minimum Gasteiger partial charge on any atom is -0.494 e. The van der Waals surface area contributed by atoms with E-state index in [1.54, 1.807) is 0 Å². The molecule has 0 aliphatic carbocycles. The SMILES string of the molecule is [CH2]COc1ccc(C(=C(CC)c2ccccc2)c2ccc3[nH]ncc3c2)cc1. The Kier molecular flexibility index (Phi) is 5.24. The lowest BCUT2D eigenvalue weighted by Gasteiger charge is -2.17. The van der Waals surface area contributed by atoms with E-state index in [0.29, 0.717) is 6.61 Å². The molecular formula is C25H23N2O. The molecule has 0 saturated heterocycles. The number of rotatable bonds is 6. The van der Waals surface area contributed by atoms with E-state index >= 15 is 0 Å². The van der Waals surface area contributed by atoms with Gasteiger partial charge in [-0.15, -0.1) is 0 Å². The van der Waals surface area contributed by atoms with Gasteiger partial charge in [-0.2, -0.15) is 5.10 Å². The molecule has 0 unspecified atom stereocenters. The molecule has 1 aromatic heterocycles. The van der Waals surface area contributed by atoms with Crippen molar-refractivity contribution in [2.75, 3.05) is 6.61 Å². The van der Waals surface area contributed by atoms with E-state index in [9.17, 15) is 0 Å². The number of hydrogen-bond donors (Lipinski definition) is 1. The van der Waals surface area contributed by atoms with Gasteiger partial charge in [0.15, 0.2) is 0 Å². The van der Waals surface area contributed by atoms with Crippen molar-refractivity contribution in [1.82, 2.24) is 10.2 Å². The number of hydrogen-bond acceptors (Lipinski definition) is 2. The van der Waals surface area contributed by atoms with E-state index in [2.05, 4.69) is 84.7 Å². The highest BCUT2D eigenvalue weighted by molar-refractivity contribution is 6.00. The maximum Gasteiger partial charge on any atom is 0.119 e. The van der Waals surface area contributed by atoms with Crippen LogP contribution in [0.4, 0.5) is 0 Å². The number of benzene rings is 3. The fourth-order valence-corrected chi connectivity index (χ4v) is 3.61. The number of aromatic amines is 1. The third-order valence-electron chi connectivity index (χ3n) is 4.92. The molecule has 1 N–H and O–H groups in total. The highest BCUT2D eigenvalue weighted by Gasteiger charge is 2.14. The summed E-state index contributed by atoms with van der Waals surface area (Å²) in [5, 5.41) is 8.31. The van der Waals surface area contributed by atoms with Gasteiger partial charge in [0, 0.05) is 5.39 Å². The Morgan fingerprint density at radius 2 is 1.68 bits per heavy atom. The molecule has 28 heavy (non-hydrogen) atoms. The van der Waals surface area contributed by atoms with Gasteiger partial charge in [-0.05, 0) is 65.4 Å². The van der Waals surface area contributed by atoms with E-state index in [1.807, 2.05) is 18.3 Å². The third kappa shape index (κ3) is 3.56. The molecule has 3 aromatic carbocycles. The first-order chi connectivity index (χ1) is 13.8. The van der Waals surface area contributed by atoms with E-state index < -0.39 is 0 Å². The molecular weight excluding hydrogens is 344 g/mol. The van der Waals surface area contributed by atoms with E-state index in [4.69, 9.17) is 4.74 Å². The molecule has 0 bridgehead atoms. The molecule has 4 aromatic rings. The first-order valence-electron chi connectivity index (χ1n) is 9.54. The third-order valence-corrected chi connectivity index (χ3v) is 4.92. The molecule has 3 heteroatoms. The Morgan fingerprint density at radius 3 is 2.39 bits per heavy atom. The summed E-state index contributed by atoms with van der Waals surface area (Å²) < 4.78 is 5.53. The molecule has 0 aliphatic heterocycles. The van der Waals surface area contributed by atoms with Crippen LogP contribution in [0.3, 0.4) is 0 Å². The lowest BCUT2D eigenvalue weighted by molar-refractivity contribution is 0.361. The van der Waals surface area contributed by atoms with Crippen molar-refractivity contribution >= 4 is 22.0 Å². The minimum absolute atomic E-state index is 0.420. The van der Waals surface area contributed by atoms with Crippen molar-refractivity contribution in [2.24, 2.45) is 0 Å². The Hall–Kier alpha value is -3.33. The fourth-order valence-electron chi connectivity index (χ4n) is 3.61. The average molecular weight is 367 g/mol. The van der Waals surface area contributed by atoms with Gasteiger partial charge in [-0.1, -0.05) is 55.5 Å². The smallest absolute Gasteiger partial charge is 0.119 e. The first-order valence-corrected chi connectivity index (χ1v) is 9.54. The zero-order valence-electron chi connectivity index (χ0n) is 16.0. The van der Waals surface area contributed by atoms with Crippen LogP contribution in [0.5, 0.6) is 5.75 Å². The predicted molar refractivity (Wildman–Crippen MR) is 116 cm³/mol. The molecule has 0 atom stereocenters. The highest BCUT2D eigenvalue weighted by atomic mass is 16.5. The molecule has 139 valence electrons. The lowest BCUT2D eigenvalue weighted by Crippen LogP contribution is -1.96. The van der Waals surface area contributed by atoms with Crippen LogP contribution in [-0.2, 0) is 0 Å². The molecule has 0 fully saturated rings. The summed E-state index contributed by atoms with van der Waals surface area (Å²) in [6.45, 7) is 6.38.